The first-order valence-electron chi connectivity index (χ1n) is 7.60. The number of anilines is 1. The van der Waals surface area contributed by atoms with E-state index in [0.717, 1.165) is 32.7 Å². The van der Waals surface area contributed by atoms with E-state index in [-0.39, 0.29) is 5.82 Å². The monoisotopic (exact) mass is 285 g/mol. The van der Waals surface area contributed by atoms with Crippen LogP contribution in [0.1, 0.15) is 11.1 Å². The number of nitrogens with one attached hydrogen (secondary N) is 1. The molecule has 21 heavy (non-hydrogen) atoms. The van der Waals surface area contributed by atoms with Crippen LogP contribution in [0.3, 0.4) is 0 Å². The lowest BCUT2D eigenvalue weighted by Gasteiger charge is -2.33. The van der Waals surface area contributed by atoms with Crippen molar-refractivity contribution in [1.82, 2.24) is 0 Å². The number of quaternary nitrogens is 1. The van der Waals surface area contributed by atoms with Crippen molar-refractivity contribution in [2.75, 3.05) is 31.1 Å². The van der Waals surface area contributed by atoms with Crippen molar-refractivity contribution in [3.05, 3.63) is 65.5 Å². The maximum absolute atomic E-state index is 12.9. The standard InChI is InChI=1S/C18H21FN2/c1-15-2-8-18(9-3-15)21-12-10-20(11-13-21)14-16-4-6-17(19)7-5-16/h2-9H,10-14H2,1H3/p+1. The molecule has 1 aliphatic rings. The minimum absolute atomic E-state index is 0.155. The lowest BCUT2D eigenvalue weighted by Crippen LogP contribution is -3.13. The van der Waals surface area contributed by atoms with Gasteiger partial charge < -0.3 is 9.80 Å². The van der Waals surface area contributed by atoms with Crippen LogP contribution in [0.2, 0.25) is 0 Å². The highest BCUT2D eigenvalue weighted by atomic mass is 19.1. The molecule has 2 aromatic rings. The van der Waals surface area contributed by atoms with Crippen LogP contribution in [0.4, 0.5) is 10.1 Å². The molecular weight excluding hydrogens is 263 g/mol. The molecule has 110 valence electrons. The van der Waals surface area contributed by atoms with E-state index in [1.54, 1.807) is 17.0 Å². The van der Waals surface area contributed by atoms with E-state index in [1.165, 1.54) is 16.8 Å². The number of hydrogen-bond acceptors (Lipinski definition) is 1. The highest BCUT2D eigenvalue weighted by Gasteiger charge is 2.20. The zero-order valence-corrected chi connectivity index (χ0v) is 12.5. The Morgan fingerprint density at radius 3 is 2.19 bits per heavy atom. The van der Waals surface area contributed by atoms with Crippen molar-refractivity contribution in [3.63, 3.8) is 0 Å². The summed E-state index contributed by atoms with van der Waals surface area (Å²) < 4.78 is 12.9. The van der Waals surface area contributed by atoms with E-state index in [2.05, 4.69) is 36.1 Å². The third kappa shape index (κ3) is 3.61. The van der Waals surface area contributed by atoms with Crippen LogP contribution in [0, 0.1) is 12.7 Å². The minimum atomic E-state index is -0.155. The Morgan fingerprint density at radius 1 is 0.952 bits per heavy atom. The first-order valence-corrected chi connectivity index (χ1v) is 7.60. The molecule has 0 aromatic heterocycles. The molecule has 0 bridgehead atoms. The van der Waals surface area contributed by atoms with Gasteiger partial charge in [0, 0.05) is 11.3 Å². The zero-order valence-electron chi connectivity index (χ0n) is 12.5. The predicted molar refractivity (Wildman–Crippen MR) is 84.2 cm³/mol. The molecule has 1 aliphatic heterocycles. The molecule has 0 aliphatic carbocycles. The molecule has 3 heteroatoms. The average molecular weight is 285 g/mol. The van der Waals surface area contributed by atoms with E-state index < -0.39 is 0 Å². The summed E-state index contributed by atoms with van der Waals surface area (Å²) in [6, 6.07) is 15.7. The summed E-state index contributed by atoms with van der Waals surface area (Å²) in [6.45, 7) is 7.53. The molecule has 3 rings (SSSR count). The molecule has 0 amide bonds. The van der Waals surface area contributed by atoms with E-state index in [1.807, 2.05) is 12.1 Å². The van der Waals surface area contributed by atoms with Crippen LogP contribution >= 0.6 is 0 Å². The van der Waals surface area contributed by atoms with Crippen LogP contribution in [0.5, 0.6) is 0 Å². The van der Waals surface area contributed by atoms with Crippen LogP contribution in [-0.4, -0.2) is 26.2 Å². The molecule has 1 fully saturated rings. The molecule has 1 saturated heterocycles. The van der Waals surface area contributed by atoms with Gasteiger partial charge in [-0.1, -0.05) is 29.8 Å². The third-order valence-corrected chi connectivity index (χ3v) is 4.24. The Morgan fingerprint density at radius 2 is 1.57 bits per heavy atom. The highest BCUT2D eigenvalue weighted by Crippen LogP contribution is 2.14. The maximum atomic E-state index is 12.9. The van der Waals surface area contributed by atoms with Gasteiger partial charge in [-0.2, -0.15) is 0 Å². The second kappa shape index (κ2) is 6.27. The van der Waals surface area contributed by atoms with Crippen molar-refractivity contribution < 1.29 is 9.29 Å². The van der Waals surface area contributed by atoms with Gasteiger partial charge in [-0.3, -0.25) is 0 Å². The van der Waals surface area contributed by atoms with Gasteiger partial charge in [0.15, 0.2) is 0 Å². The molecule has 0 saturated carbocycles. The van der Waals surface area contributed by atoms with Gasteiger partial charge in [0.05, 0.1) is 26.2 Å². The first-order chi connectivity index (χ1) is 10.2. The highest BCUT2D eigenvalue weighted by molar-refractivity contribution is 5.47. The quantitative estimate of drug-likeness (QED) is 0.907. The number of nitrogens with zero attached hydrogens (tertiary/aromatic N) is 1. The number of piperazine rings is 1. The number of aryl methyl sites for hydroxylation is 1. The molecule has 0 atom stereocenters. The van der Waals surface area contributed by atoms with Crippen LogP contribution in [-0.2, 0) is 6.54 Å². The second-order valence-electron chi connectivity index (χ2n) is 5.88. The lowest BCUT2D eigenvalue weighted by atomic mass is 10.1. The summed E-state index contributed by atoms with van der Waals surface area (Å²) in [6.07, 6.45) is 0. The van der Waals surface area contributed by atoms with Crippen LogP contribution in [0.25, 0.3) is 0 Å². The summed E-state index contributed by atoms with van der Waals surface area (Å²) in [5.74, 6) is -0.155. The van der Waals surface area contributed by atoms with Gasteiger partial charge in [-0.25, -0.2) is 4.39 Å². The van der Waals surface area contributed by atoms with E-state index in [0.29, 0.717) is 0 Å². The first kappa shape index (κ1) is 14.1. The van der Waals surface area contributed by atoms with Crippen molar-refractivity contribution in [2.45, 2.75) is 13.5 Å². The summed E-state index contributed by atoms with van der Waals surface area (Å²) in [7, 11) is 0. The summed E-state index contributed by atoms with van der Waals surface area (Å²) >= 11 is 0. The fourth-order valence-electron chi connectivity index (χ4n) is 2.90. The van der Waals surface area contributed by atoms with E-state index in [4.69, 9.17) is 0 Å². The van der Waals surface area contributed by atoms with Crippen LogP contribution < -0.4 is 9.80 Å². The minimum Gasteiger partial charge on any atom is -0.360 e. The van der Waals surface area contributed by atoms with Crippen molar-refractivity contribution in [3.8, 4) is 0 Å². The third-order valence-electron chi connectivity index (χ3n) is 4.24. The molecule has 0 spiro atoms. The molecule has 1 N–H and O–H groups in total. The Labute approximate surface area is 125 Å². The fourth-order valence-corrected chi connectivity index (χ4v) is 2.90. The van der Waals surface area contributed by atoms with Gasteiger partial charge >= 0.3 is 0 Å². The van der Waals surface area contributed by atoms with Crippen molar-refractivity contribution in [1.29, 1.82) is 0 Å². The number of halogens is 1. The van der Waals surface area contributed by atoms with Gasteiger partial charge in [0.2, 0.25) is 0 Å². The Balaban J connectivity index is 1.55. The van der Waals surface area contributed by atoms with Crippen LogP contribution in [0.15, 0.2) is 48.5 Å². The number of hydrogen-bond donors (Lipinski definition) is 1. The molecular formula is C18H22FN2+. The Hall–Kier alpha value is -1.87. The van der Waals surface area contributed by atoms with Crippen molar-refractivity contribution in [2.24, 2.45) is 0 Å². The van der Waals surface area contributed by atoms with E-state index in [9.17, 15) is 4.39 Å². The van der Waals surface area contributed by atoms with E-state index >= 15 is 0 Å². The molecule has 1 heterocycles. The Bertz CT molecular complexity index is 569. The lowest BCUT2D eigenvalue weighted by molar-refractivity contribution is -0.914. The predicted octanol–water partition coefficient (Wildman–Crippen LogP) is 2.04. The van der Waals surface area contributed by atoms with Crippen molar-refractivity contribution >= 4 is 5.69 Å². The second-order valence-corrected chi connectivity index (χ2v) is 5.88. The number of rotatable bonds is 3. The zero-order chi connectivity index (χ0) is 14.7. The summed E-state index contributed by atoms with van der Waals surface area (Å²) in [5, 5.41) is 0. The summed E-state index contributed by atoms with van der Waals surface area (Å²) in [5.41, 5.74) is 3.84. The van der Waals surface area contributed by atoms with Gasteiger partial charge in [0.1, 0.15) is 12.4 Å². The van der Waals surface area contributed by atoms with Gasteiger partial charge in [-0.15, -0.1) is 0 Å². The molecule has 0 radical (unpaired) electrons. The topological polar surface area (TPSA) is 7.68 Å². The largest absolute Gasteiger partial charge is 0.360 e. The smallest absolute Gasteiger partial charge is 0.123 e. The van der Waals surface area contributed by atoms with Gasteiger partial charge in [-0.05, 0) is 31.2 Å². The molecule has 2 aromatic carbocycles. The molecule has 0 unspecified atom stereocenters. The average Bonchev–Trinajstić information content (AvgIpc) is 2.51. The molecule has 2 nitrogen and oxygen atoms in total. The maximum Gasteiger partial charge on any atom is 0.123 e. The Kier molecular flexibility index (Phi) is 4.20. The SMILES string of the molecule is Cc1ccc(N2CC[NH+](Cc3ccc(F)cc3)CC2)cc1. The summed E-state index contributed by atoms with van der Waals surface area (Å²) in [4.78, 5) is 4.03. The normalized spacial score (nSPS) is 16.2. The van der Waals surface area contributed by atoms with Gasteiger partial charge in [0.25, 0.3) is 0 Å². The number of benzene rings is 2. The fraction of sp³-hybridized carbons (Fsp3) is 0.333.